The van der Waals surface area contributed by atoms with Crippen LogP contribution < -0.4 is 4.72 Å². The lowest BCUT2D eigenvalue weighted by molar-refractivity contribution is -0.114. The van der Waals surface area contributed by atoms with Crippen molar-refractivity contribution in [1.29, 1.82) is 0 Å². The summed E-state index contributed by atoms with van der Waals surface area (Å²) < 4.78 is 40.2. The van der Waals surface area contributed by atoms with Gasteiger partial charge < -0.3 is 4.98 Å². The van der Waals surface area contributed by atoms with Crippen LogP contribution >= 0.6 is 23.2 Å². The average Bonchev–Trinajstić information content (AvgIpc) is 2.96. The molecule has 1 amide bonds. The molecular weight excluding hydrogens is 414 g/mol. The molecule has 0 unspecified atom stereocenters. The second-order valence-electron chi connectivity index (χ2n) is 5.77. The lowest BCUT2D eigenvalue weighted by Crippen LogP contribution is -2.28. The molecule has 0 saturated heterocycles. The minimum absolute atomic E-state index is 0.0480. The van der Waals surface area contributed by atoms with Gasteiger partial charge in [0.1, 0.15) is 5.82 Å². The molecule has 0 spiro atoms. The van der Waals surface area contributed by atoms with Gasteiger partial charge in [0.25, 0.3) is 15.9 Å². The summed E-state index contributed by atoms with van der Waals surface area (Å²) in [6.45, 7) is 1.82. The number of carbonyl (C=O) groups excluding carboxylic acids is 1. The van der Waals surface area contributed by atoms with E-state index < -0.39 is 21.7 Å². The zero-order valence-corrected chi connectivity index (χ0v) is 16.2. The molecular formula is C18H13Cl2FN2O3S. The first kappa shape index (κ1) is 19.4. The summed E-state index contributed by atoms with van der Waals surface area (Å²) in [7, 11) is -4.13. The minimum Gasteiger partial charge on any atom is -0.360 e. The molecule has 0 radical (unpaired) electrons. The predicted molar refractivity (Wildman–Crippen MR) is 104 cm³/mol. The molecule has 0 bridgehead atoms. The Kier molecular flexibility index (Phi) is 5.28. The van der Waals surface area contributed by atoms with Crippen LogP contribution in [0.3, 0.4) is 0 Å². The fourth-order valence-corrected chi connectivity index (χ4v) is 3.86. The maximum atomic E-state index is 13.8. The molecule has 0 aliphatic heterocycles. The van der Waals surface area contributed by atoms with E-state index >= 15 is 0 Å². The number of nitrogens with one attached hydrogen (secondary N) is 2. The Bertz CT molecular complexity index is 1190. The van der Waals surface area contributed by atoms with Crippen molar-refractivity contribution in [3.8, 4) is 0 Å². The van der Waals surface area contributed by atoms with Crippen molar-refractivity contribution in [2.75, 3.05) is 0 Å². The smallest absolute Gasteiger partial charge is 0.264 e. The number of hydrogen-bond donors (Lipinski definition) is 2. The highest BCUT2D eigenvalue weighted by molar-refractivity contribution is 7.90. The van der Waals surface area contributed by atoms with E-state index in [1.165, 1.54) is 30.3 Å². The number of H-pyrrole nitrogens is 1. The van der Waals surface area contributed by atoms with Gasteiger partial charge in [-0.15, -0.1) is 0 Å². The number of sulfonamides is 1. The number of rotatable bonds is 4. The monoisotopic (exact) mass is 426 g/mol. The van der Waals surface area contributed by atoms with E-state index in [2.05, 4.69) is 4.98 Å². The highest BCUT2D eigenvalue weighted by Crippen LogP contribution is 2.25. The van der Waals surface area contributed by atoms with Gasteiger partial charge >= 0.3 is 0 Å². The first-order valence-electron chi connectivity index (χ1n) is 7.64. The van der Waals surface area contributed by atoms with E-state index in [-0.39, 0.29) is 14.9 Å². The SMILES string of the molecule is Cc1c[nH]c2c(/C=C/C(=O)NS(=O)(=O)c3ccc(Cl)c(Cl)c3)cc(F)cc12. The first-order valence-corrected chi connectivity index (χ1v) is 9.88. The summed E-state index contributed by atoms with van der Waals surface area (Å²) in [4.78, 5) is 14.8. The van der Waals surface area contributed by atoms with Crippen LogP contribution in [0.25, 0.3) is 17.0 Å². The molecule has 9 heteroatoms. The third kappa shape index (κ3) is 4.16. The van der Waals surface area contributed by atoms with Gasteiger partial charge in [-0.3, -0.25) is 4.79 Å². The van der Waals surface area contributed by atoms with Crippen molar-refractivity contribution < 1.29 is 17.6 Å². The van der Waals surface area contributed by atoms with E-state index in [4.69, 9.17) is 23.2 Å². The first-order chi connectivity index (χ1) is 12.7. The van der Waals surface area contributed by atoms with Crippen LogP contribution in [-0.2, 0) is 14.8 Å². The maximum Gasteiger partial charge on any atom is 0.264 e. The van der Waals surface area contributed by atoms with Gasteiger partial charge in [0.05, 0.1) is 20.5 Å². The second kappa shape index (κ2) is 7.34. The number of halogens is 3. The summed E-state index contributed by atoms with van der Waals surface area (Å²) in [6, 6.07) is 6.31. The number of fused-ring (bicyclic) bond motifs is 1. The second-order valence-corrected chi connectivity index (χ2v) is 8.27. The molecule has 0 fully saturated rings. The van der Waals surface area contributed by atoms with E-state index in [1.807, 2.05) is 11.6 Å². The number of benzene rings is 2. The van der Waals surface area contributed by atoms with Crippen LogP contribution in [0.15, 0.2) is 47.5 Å². The highest BCUT2D eigenvalue weighted by atomic mass is 35.5. The van der Waals surface area contributed by atoms with Crippen LogP contribution in [0.5, 0.6) is 0 Å². The van der Waals surface area contributed by atoms with Crippen molar-refractivity contribution in [3.05, 3.63) is 69.6 Å². The molecule has 140 valence electrons. The summed E-state index contributed by atoms with van der Waals surface area (Å²) >= 11 is 11.6. The lowest BCUT2D eigenvalue weighted by atomic mass is 10.1. The van der Waals surface area contributed by atoms with E-state index in [0.717, 1.165) is 17.7 Å². The van der Waals surface area contributed by atoms with Gasteiger partial charge in [0.2, 0.25) is 0 Å². The van der Waals surface area contributed by atoms with Gasteiger partial charge in [0.15, 0.2) is 0 Å². The van der Waals surface area contributed by atoms with Crippen molar-refractivity contribution in [3.63, 3.8) is 0 Å². The van der Waals surface area contributed by atoms with Crippen LogP contribution in [0, 0.1) is 12.7 Å². The number of amides is 1. The molecule has 2 N–H and O–H groups in total. The molecule has 0 atom stereocenters. The summed E-state index contributed by atoms with van der Waals surface area (Å²) in [5.41, 5.74) is 1.91. The Morgan fingerprint density at radius 1 is 1.19 bits per heavy atom. The number of carbonyl (C=O) groups is 1. The zero-order valence-electron chi connectivity index (χ0n) is 13.9. The molecule has 1 aromatic heterocycles. The zero-order chi connectivity index (χ0) is 19.8. The molecule has 2 aromatic carbocycles. The average molecular weight is 427 g/mol. The van der Waals surface area contributed by atoms with Crippen molar-refractivity contribution in [2.24, 2.45) is 0 Å². The summed E-state index contributed by atoms with van der Waals surface area (Å²) in [5.74, 6) is -1.35. The Labute approximate surface area is 164 Å². The van der Waals surface area contributed by atoms with E-state index in [9.17, 15) is 17.6 Å². The quantitative estimate of drug-likeness (QED) is 0.605. The molecule has 0 saturated carbocycles. The Morgan fingerprint density at radius 3 is 2.63 bits per heavy atom. The van der Waals surface area contributed by atoms with Gasteiger partial charge in [-0.05, 0) is 48.9 Å². The largest absolute Gasteiger partial charge is 0.360 e. The molecule has 0 aliphatic carbocycles. The fourth-order valence-electron chi connectivity index (χ4n) is 2.52. The van der Waals surface area contributed by atoms with Crippen LogP contribution in [0.2, 0.25) is 10.0 Å². The standard InChI is InChI=1S/C18H13Cl2FN2O3S/c1-10-9-22-18-11(6-12(21)7-14(10)18)2-5-17(24)23-27(25,26)13-3-4-15(19)16(20)8-13/h2-9,22H,1H3,(H,23,24)/b5-2+. The fraction of sp³-hybridized carbons (Fsp3) is 0.0556. The van der Waals surface area contributed by atoms with Gasteiger partial charge in [0, 0.05) is 23.2 Å². The Hall–Kier alpha value is -2.35. The number of aromatic nitrogens is 1. The van der Waals surface area contributed by atoms with Gasteiger partial charge in [-0.2, -0.15) is 0 Å². The third-order valence-corrected chi connectivity index (χ3v) is 5.93. The van der Waals surface area contributed by atoms with Crippen molar-refractivity contribution in [1.82, 2.24) is 9.71 Å². The topological polar surface area (TPSA) is 79.0 Å². The normalized spacial score (nSPS) is 12.0. The van der Waals surface area contributed by atoms with E-state index in [1.54, 1.807) is 6.20 Å². The number of aryl methyl sites for hydroxylation is 1. The van der Waals surface area contributed by atoms with Gasteiger partial charge in [-0.1, -0.05) is 23.2 Å². The van der Waals surface area contributed by atoms with Crippen molar-refractivity contribution in [2.45, 2.75) is 11.8 Å². The predicted octanol–water partition coefficient (Wildman–Crippen LogP) is 4.44. The summed E-state index contributed by atoms with van der Waals surface area (Å²) in [6.07, 6.45) is 4.07. The molecule has 0 aliphatic rings. The molecule has 1 heterocycles. The van der Waals surface area contributed by atoms with Crippen LogP contribution in [0.4, 0.5) is 4.39 Å². The van der Waals surface area contributed by atoms with Crippen LogP contribution in [-0.4, -0.2) is 19.3 Å². The summed E-state index contributed by atoms with van der Waals surface area (Å²) in [5, 5.41) is 0.920. The maximum absolute atomic E-state index is 13.8. The highest BCUT2D eigenvalue weighted by Gasteiger charge is 2.17. The Balaban J connectivity index is 1.84. The molecule has 5 nitrogen and oxygen atoms in total. The van der Waals surface area contributed by atoms with Gasteiger partial charge in [-0.25, -0.2) is 17.5 Å². The van der Waals surface area contributed by atoms with E-state index in [0.29, 0.717) is 16.5 Å². The third-order valence-electron chi connectivity index (χ3n) is 3.84. The minimum atomic E-state index is -4.13. The molecule has 27 heavy (non-hydrogen) atoms. The molecule has 3 aromatic rings. The number of hydrogen-bond acceptors (Lipinski definition) is 3. The molecule has 3 rings (SSSR count). The van der Waals surface area contributed by atoms with Crippen LogP contribution in [0.1, 0.15) is 11.1 Å². The van der Waals surface area contributed by atoms with Crippen molar-refractivity contribution >= 4 is 56.1 Å². The lowest BCUT2D eigenvalue weighted by Gasteiger charge is -2.06. The Morgan fingerprint density at radius 2 is 1.93 bits per heavy atom. The number of aromatic amines is 1.